The van der Waals surface area contributed by atoms with E-state index in [9.17, 15) is 18.0 Å². The first-order valence-electron chi connectivity index (χ1n) is 11.9. The minimum absolute atomic E-state index is 0.101. The van der Waals surface area contributed by atoms with Crippen LogP contribution in [-0.2, 0) is 12.6 Å². The molecule has 1 aliphatic carbocycles. The molecule has 2 amide bonds. The molecule has 4 rings (SSSR count). The zero-order valence-electron chi connectivity index (χ0n) is 19.5. The number of halogens is 3. The van der Waals surface area contributed by atoms with Gasteiger partial charge < -0.3 is 19.9 Å². The number of hydrogen-bond acceptors (Lipinski definition) is 3. The lowest BCUT2D eigenvalue weighted by Gasteiger charge is -2.38. The Bertz CT molecular complexity index is 953. The number of likely N-dealkylation sites (tertiary alicyclic amines) is 1. The standard InChI is InChI=1S/C26H32F3N3O2/c1-34-24-9-7-19(8-10-24)11-14-31-15-12-23(13-16-31)32(18-20-5-6-20)25(33)30-22-4-2-3-21(17-22)26(27,28)29/h2-4,7-10,17,20,23H,5-6,11-16,18H2,1H3,(H,30,33). The molecule has 0 spiro atoms. The number of nitrogens with zero attached hydrogens (tertiary/aromatic N) is 2. The van der Waals surface area contributed by atoms with Crippen LogP contribution in [0.2, 0.25) is 0 Å². The fourth-order valence-electron chi connectivity index (χ4n) is 4.48. The summed E-state index contributed by atoms with van der Waals surface area (Å²) in [4.78, 5) is 17.4. The van der Waals surface area contributed by atoms with Gasteiger partial charge in [-0.3, -0.25) is 0 Å². The van der Waals surface area contributed by atoms with Gasteiger partial charge in [-0.25, -0.2) is 4.79 Å². The van der Waals surface area contributed by atoms with Gasteiger partial charge in [0.2, 0.25) is 0 Å². The molecule has 2 aromatic rings. The van der Waals surface area contributed by atoms with Gasteiger partial charge in [0.1, 0.15) is 5.75 Å². The van der Waals surface area contributed by atoms with Crippen LogP contribution < -0.4 is 10.1 Å². The van der Waals surface area contributed by atoms with Crippen molar-refractivity contribution in [1.29, 1.82) is 0 Å². The van der Waals surface area contributed by atoms with E-state index in [0.29, 0.717) is 12.5 Å². The van der Waals surface area contributed by atoms with Crippen molar-refractivity contribution >= 4 is 11.7 Å². The van der Waals surface area contributed by atoms with E-state index in [-0.39, 0.29) is 17.8 Å². The summed E-state index contributed by atoms with van der Waals surface area (Å²) in [6, 6.07) is 12.7. The summed E-state index contributed by atoms with van der Waals surface area (Å²) in [5.41, 5.74) is 0.681. The lowest BCUT2D eigenvalue weighted by atomic mass is 10.0. The normalized spacial score (nSPS) is 17.4. The van der Waals surface area contributed by atoms with Gasteiger partial charge in [0.15, 0.2) is 0 Å². The van der Waals surface area contributed by atoms with E-state index >= 15 is 0 Å². The summed E-state index contributed by atoms with van der Waals surface area (Å²) in [7, 11) is 1.66. The van der Waals surface area contributed by atoms with E-state index in [4.69, 9.17) is 4.74 Å². The molecule has 1 saturated carbocycles. The Morgan fingerprint density at radius 2 is 1.79 bits per heavy atom. The van der Waals surface area contributed by atoms with Crippen LogP contribution in [0.5, 0.6) is 5.75 Å². The Morgan fingerprint density at radius 1 is 1.09 bits per heavy atom. The van der Waals surface area contributed by atoms with Gasteiger partial charge in [0.25, 0.3) is 0 Å². The third-order valence-corrected chi connectivity index (χ3v) is 6.73. The molecule has 0 atom stereocenters. The number of rotatable bonds is 8. The third kappa shape index (κ3) is 6.65. The summed E-state index contributed by atoms with van der Waals surface area (Å²) in [5, 5.41) is 2.72. The largest absolute Gasteiger partial charge is 0.497 e. The summed E-state index contributed by atoms with van der Waals surface area (Å²) in [5.74, 6) is 1.35. The summed E-state index contributed by atoms with van der Waals surface area (Å²) in [6.45, 7) is 3.43. The number of ether oxygens (including phenoxy) is 1. The predicted molar refractivity (Wildman–Crippen MR) is 126 cm³/mol. The number of nitrogens with one attached hydrogen (secondary N) is 1. The van der Waals surface area contributed by atoms with Crippen molar-refractivity contribution in [2.75, 3.05) is 38.6 Å². The number of carbonyl (C=O) groups excluding carboxylic acids is 1. The van der Waals surface area contributed by atoms with Crippen LogP contribution >= 0.6 is 0 Å². The molecule has 1 saturated heterocycles. The molecule has 0 unspecified atom stereocenters. The van der Waals surface area contributed by atoms with Crippen molar-refractivity contribution in [3.05, 3.63) is 59.7 Å². The van der Waals surface area contributed by atoms with E-state index in [1.165, 1.54) is 17.7 Å². The Kier molecular flexibility index (Phi) is 7.66. The number of alkyl halides is 3. The number of carbonyl (C=O) groups is 1. The first kappa shape index (κ1) is 24.4. The molecule has 1 heterocycles. The first-order valence-corrected chi connectivity index (χ1v) is 11.9. The van der Waals surface area contributed by atoms with E-state index < -0.39 is 11.7 Å². The zero-order valence-corrected chi connectivity index (χ0v) is 19.5. The highest BCUT2D eigenvalue weighted by Crippen LogP contribution is 2.33. The number of benzene rings is 2. The van der Waals surface area contributed by atoms with Gasteiger partial charge in [-0.1, -0.05) is 18.2 Å². The molecule has 8 heteroatoms. The number of amides is 2. The van der Waals surface area contributed by atoms with E-state index in [2.05, 4.69) is 22.3 Å². The van der Waals surface area contributed by atoms with Gasteiger partial charge in [-0.15, -0.1) is 0 Å². The second-order valence-electron chi connectivity index (χ2n) is 9.28. The quantitative estimate of drug-likeness (QED) is 0.536. The Balaban J connectivity index is 1.32. The average Bonchev–Trinajstić information content (AvgIpc) is 3.66. The van der Waals surface area contributed by atoms with Crippen LogP contribution in [0.4, 0.5) is 23.7 Å². The topological polar surface area (TPSA) is 44.8 Å². The molecule has 2 fully saturated rings. The molecule has 0 radical (unpaired) electrons. The maximum Gasteiger partial charge on any atom is 0.416 e. The minimum Gasteiger partial charge on any atom is -0.497 e. The number of methoxy groups -OCH3 is 1. The fraction of sp³-hybridized carbons (Fsp3) is 0.500. The molecule has 1 aliphatic heterocycles. The van der Waals surface area contributed by atoms with Crippen molar-refractivity contribution in [2.24, 2.45) is 5.92 Å². The van der Waals surface area contributed by atoms with Crippen LogP contribution in [0, 0.1) is 5.92 Å². The molecule has 0 aromatic heterocycles. The molecule has 184 valence electrons. The summed E-state index contributed by atoms with van der Waals surface area (Å²) >= 11 is 0. The fourth-order valence-corrected chi connectivity index (χ4v) is 4.48. The maximum absolute atomic E-state index is 13.1. The molecule has 5 nitrogen and oxygen atoms in total. The van der Waals surface area contributed by atoms with Crippen LogP contribution in [0.15, 0.2) is 48.5 Å². The average molecular weight is 476 g/mol. The Labute approximate surface area is 198 Å². The van der Waals surface area contributed by atoms with Gasteiger partial charge in [-0.2, -0.15) is 13.2 Å². The van der Waals surface area contributed by atoms with Crippen LogP contribution in [0.25, 0.3) is 0 Å². The Morgan fingerprint density at radius 3 is 2.41 bits per heavy atom. The van der Waals surface area contributed by atoms with Crippen molar-refractivity contribution in [3.63, 3.8) is 0 Å². The monoisotopic (exact) mass is 475 g/mol. The van der Waals surface area contributed by atoms with Crippen molar-refractivity contribution < 1.29 is 22.7 Å². The molecular weight excluding hydrogens is 443 g/mol. The third-order valence-electron chi connectivity index (χ3n) is 6.73. The highest BCUT2D eigenvalue weighted by molar-refractivity contribution is 5.89. The number of hydrogen-bond donors (Lipinski definition) is 1. The second kappa shape index (κ2) is 10.7. The van der Waals surface area contributed by atoms with E-state index in [0.717, 1.165) is 69.6 Å². The van der Waals surface area contributed by atoms with E-state index in [1.54, 1.807) is 7.11 Å². The molecule has 2 aromatic carbocycles. The highest BCUT2D eigenvalue weighted by Gasteiger charge is 2.34. The first-order chi connectivity index (χ1) is 16.3. The number of anilines is 1. The maximum atomic E-state index is 13.1. The molecule has 2 aliphatic rings. The van der Waals surface area contributed by atoms with Crippen LogP contribution in [0.3, 0.4) is 0 Å². The smallest absolute Gasteiger partial charge is 0.416 e. The van der Waals surface area contributed by atoms with Gasteiger partial charge in [0, 0.05) is 37.9 Å². The molecule has 1 N–H and O–H groups in total. The summed E-state index contributed by atoms with van der Waals surface area (Å²) < 4.78 is 44.3. The second-order valence-corrected chi connectivity index (χ2v) is 9.28. The lowest BCUT2D eigenvalue weighted by molar-refractivity contribution is -0.137. The van der Waals surface area contributed by atoms with Crippen molar-refractivity contribution in [1.82, 2.24) is 9.80 Å². The molecular formula is C26H32F3N3O2. The Hall–Kier alpha value is -2.74. The summed E-state index contributed by atoms with van der Waals surface area (Å²) in [6.07, 6.45) is 0.461. The van der Waals surface area contributed by atoms with Gasteiger partial charge in [0.05, 0.1) is 12.7 Å². The van der Waals surface area contributed by atoms with Crippen molar-refractivity contribution in [2.45, 2.75) is 44.3 Å². The van der Waals surface area contributed by atoms with Gasteiger partial charge in [-0.05, 0) is 73.9 Å². The van der Waals surface area contributed by atoms with Crippen LogP contribution in [0.1, 0.15) is 36.8 Å². The van der Waals surface area contributed by atoms with E-state index in [1.807, 2.05) is 17.0 Å². The van der Waals surface area contributed by atoms with Gasteiger partial charge >= 0.3 is 12.2 Å². The van der Waals surface area contributed by atoms with Crippen molar-refractivity contribution in [3.8, 4) is 5.75 Å². The minimum atomic E-state index is -4.44. The highest BCUT2D eigenvalue weighted by atomic mass is 19.4. The molecule has 34 heavy (non-hydrogen) atoms. The zero-order chi connectivity index (χ0) is 24.1. The SMILES string of the molecule is COc1ccc(CCN2CCC(N(CC3CC3)C(=O)Nc3cccc(C(F)(F)F)c3)CC2)cc1. The number of piperidine rings is 1. The molecule has 0 bridgehead atoms. The number of urea groups is 1. The van der Waals surface area contributed by atoms with Crippen LogP contribution in [-0.4, -0.2) is 55.2 Å². The lowest BCUT2D eigenvalue weighted by Crippen LogP contribution is -2.49. The predicted octanol–water partition coefficient (Wildman–Crippen LogP) is 5.67.